The molecule has 7 heteroatoms. The third-order valence-corrected chi connectivity index (χ3v) is 3.29. The van der Waals surface area contributed by atoms with Crippen molar-refractivity contribution < 1.29 is 4.79 Å². The number of pyridine rings is 1. The molecule has 0 saturated heterocycles. The molecule has 0 fully saturated rings. The summed E-state index contributed by atoms with van der Waals surface area (Å²) in [5.41, 5.74) is 0.394. The molecule has 0 atom stereocenters. The molecule has 0 saturated carbocycles. The van der Waals surface area contributed by atoms with Gasteiger partial charge in [0.2, 0.25) is 0 Å². The highest BCUT2D eigenvalue weighted by Crippen LogP contribution is 2.21. The summed E-state index contributed by atoms with van der Waals surface area (Å²) in [5, 5.41) is 9.27. The second kappa shape index (κ2) is 6.50. The first-order valence-corrected chi connectivity index (χ1v) is 6.99. The Balaban J connectivity index is 2.44. The summed E-state index contributed by atoms with van der Waals surface area (Å²) in [6, 6.07) is 5.23. The quantitative estimate of drug-likeness (QED) is 0.869. The van der Waals surface area contributed by atoms with Crippen molar-refractivity contribution >= 4 is 23.3 Å². The van der Waals surface area contributed by atoms with Gasteiger partial charge in [-0.15, -0.1) is 0 Å². The minimum absolute atomic E-state index is 0.0682. The lowest BCUT2D eigenvalue weighted by Gasteiger charge is -2.17. The van der Waals surface area contributed by atoms with E-state index < -0.39 is 5.91 Å². The van der Waals surface area contributed by atoms with Crippen LogP contribution in [0.4, 0.5) is 5.82 Å². The second-order valence-electron chi connectivity index (χ2n) is 4.93. The molecule has 1 amide bonds. The molecule has 2 aromatic heterocycles. The van der Waals surface area contributed by atoms with E-state index in [1.807, 2.05) is 19.9 Å². The van der Waals surface area contributed by atoms with E-state index in [9.17, 15) is 4.79 Å². The summed E-state index contributed by atoms with van der Waals surface area (Å²) >= 11 is 6.04. The molecule has 0 aliphatic heterocycles. The highest BCUT2D eigenvalue weighted by molar-refractivity contribution is 6.34. The van der Waals surface area contributed by atoms with Gasteiger partial charge in [0.05, 0.1) is 16.8 Å². The normalized spacial score (nSPS) is 10.4. The minimum atomic E-state index is -0.440. The standard InChI is InChI=1S/C15H14ClN5O/c1-9(2)13-19-8-11(16)12(20-13)15(22)21(3)14-10(7-17)5-4-6-18-14/h4-6,8-9H,1-3H3. The van der Waals surface area contributed by atoms with Crippen molar-refractivity contribution in [1.82, 2.24) is 15.0 Å². The number of halogens is 1. The van der Waals surface area contributed by atoms with Crippen LogP contribution in [-0.4, -0.2) is 27.9 Å². The van der Waals surface area contributed by atoms with E-state index in [4.69, 9.17) is 16.9 Å². The molecular formula is C15H14ClN5O. The first-order chi connectivity index (χ1) is 10.5. The molecule has 2 heterocycles. The van der Waals surface area contributed by atoms with Gasteiger partial charge < -0.3 is 0 Å². The maximum atomic E-state index is 12.6. The lowest BCUT2D eigenvalue weighted by molar-refractivity contribution is 0.0987. The maximum absolute atomic E-state index is 12.6. The molecule has 0 unspecified atom stereocenters. The zero-order chi connectivity index (χ0) is 16.3. The summed E-state index contributed by atoms with van der Waals surface area (Å²) < 4.78 is 0. The Morgan fingerprint density at radius 2 is 2.14 bits per heavy atom. The highest BCUT2D eigenvalue weighted by atomic mass is 35.5. The number of nitrogens with zero attached hydrogens (tertiary/aromatic N) is 5. The van der Waals surface area contributed by atoms with Crippen molar-refractivity contribution in [3.63, 3.8) is 0 Å². The van der Waals surface area contributed by atoms with Crippen LogP contribution in [0.3, 0.4) is 0 Å². The van der Waals surface area contributed by atoms with E-state index in [1.165, 1.54) is 24.3 Å². The number of carbonyl (C=O) groups is 1. The van der Waals surface area contributed by atoms with Crippen molar-refractivity contribution in [3.05, 3.63) is 46.6 Å². The molecule has 2 rings (SSSR count). The maximum Gasteiger partial charge on any atom is 0.279 e. The summed E-state index contributed by atoms with van der Waals surface area (Å²) in [7, 11) is 1.53. The average Bonchev–Trinajstić information content (AvgIpc) is 2.53. The molecule has 0 radical (unpaired) electrons. The van der Waals surface area contributed by atoms with Gasteiger partial charge in [-0.1, -0.05) is 25.4 Å². The number of anilines is 1. The molecule has 112 valence electrons. The summed E-state index contributed by atoms with van der Waals surface area (Å²) in [6.45, 7) is 3.85. The van der Waals surface area contributed by atoms with Gasteiger partial charge in [-0.3, -0.25) is 9.69 Å². The van der Waals surface area contributed by atoms with Crippen LogP contribution >= 0.6 is 11.6 Å². The molecule has 0 bridgehead atoms. The van der Waals surface area contributed by atoms with Crippen LogP contribution in [0.2, 0.25) is 5.02 Å². The minimum Gasteiger partial charge on any atom is -0.293 e. The molecule has 0 aliphatic rings. The third kappa shape index (κ3) is 3.05. The third-order valence-electron chi connectivity index (χ3n) is 3.01. The Hall–Kier alpha value is -2.52. The fourth-order valence-corrected chi connectivity index (χ4v) is 1.99. The van der Waals surface area contributed by atoms with Gasteiger partial charge in [-0.25, -0.2) is 15.0 Å². The van der Waals surface area contributed by atoms with Crippen LogP contribution in [-0.2, 0) is 0 Å². The lowest BCUT2D eigenvalue weighted by atomic mass is 10.2. The predicted octanol–water partition coefficient (Wildman–Crippen LogP) is 2.80. The number of nitriles is 1. The van der Waals surface area contributed by atoms with E-state index in [2.05, 4.69) is 15.0 Å². The van der Waals surface area contributed by atoms with E-state index in [0.717, 1.165) is 0 Å². The fourth-order valence-electron chi connectivity index (χ4n) is 1.82. The Bertz CT molecular complexity index is 754. The van der Waals surface area contributed by atoms with E-state index in [-0.39, 0.29) is 22.5 Å². The molecule has 0 aliphatic carbocycles. The number of amides is 1. The first kappa shape index (κ1) is 15.9. The Labute approximate surface area is 133 Å². The van der Waals surface area contributed by atoms with Gasteiger partial charge >= 0.3 is 0 Å². The van der Waals surface area contributed by atoms with Crippen LogP contribution in [0.5, 0.6) is 0 Å². The lowest BCUT2D eigenvalue weighted by Crippen LogP contribution is -2.29. The Kier molecular flexibility index (Phi) is 4.68. The largest absolute Gasteiger partial charge is 0.293 e. The van der Waals surface area contributed by atoms with E-state index in [1.54, 1.807) is 12.1 Å². The van der Waals surface area contributed by atoms with Gasteiger partial charge in [0.15, 0.2) is 11.5 Å². The first-order valence-electron chi connectivity index (χ1n) is 6.61. The topological polar surface area (TPSA) is 82.8 Å². The molecular weight excluding hydrogens is 302 g/mol. The van der Waals surface area contributed by atoms with Gasteiger partial charge in [0.1, 0.15) is 11.9 Å². The average molecular weight is 316 g/mol. The number of carbonyl (C=O) groups excluding carboxylic acids is 1. The zero-order valence-electron chi connectivity index (χ0n) is 12.4. The predicted molar refractivity (Wildman–Crippen MR) is 82.8 cm³/mol. The smallest absolute Gasteiger partial charge is 0.279 e. The summed E-state index contributed by atoms with van der Waals surface area (Å²) in [4.78, 5) is 26.3. The van der Waals surface area contributed by atoms with Gasteiger partial charge in [0, 0.05) is 19.2 Å². The highest BCUT2D eigenvalue weighted by Gasteiger charge is 2.22. The number of hydrogen-bond donors (Lipinski definition) is 0. The van der Waals surface area contributed by atoms with Crippen molar-refractivity contribution in [2.75, 3.05) is 11.9 Å². The van der Waals surface area contributed by atoms with Crippen LogP contribution in [0.15, 0.2) is 24.5 Å². The van der Waals surface area contributed by atoms with Crippen LogP contribution in [0.25, 0.3) is 0 Å². The van der Waals surface area contributed by atoms with Gasteiger partial charge in [-0.2, -0.15) is 5.26 Å². The van der Waals surface area contributed by atoms with Gasteiger partial charge in [0.25, 0.3) is 5.91 Å². The zero-order valence-corrected chi connectivity index (χ0v) is 13.2. The van der Waals surface area contributed by atoms with Crippen molar-refractivity contribution in [3.8, 4) is 6.07 Å². The van der Waals surface area contributed by atoms with Crippen LogP contribution < -0.4 is 4.90 Å². The van der Waals surface area contributed by atoms with E-state index in [0.29, 0.717) is 11.4 Å². The van der Waals surface area contributed by atoms with Crippen molar-refractivity contribution in [2.24, 2.45) is 0 Å². The number of hydrogen-bond acceptors (Lipinski definition) is 5. The molecule has 2 aromatic rings. The summed E-state index contributed by atoms with van der Waals surface area (Å²) in [5.74, 6) is 0.418. The molecule has 6 nitrogen and oxygen atoms in total. The molecule has 0 aromatic carbocycles. The number of aromatic nitrogens is 3. The Morgan fingerprint density at radius 3 is 2.77 bits per heavy atom. The van der Waals surface area contributed by atoms with Crippen molar-refractivity contribution in [1.29, 1.82) is 5.26 Å². The SMILES string of the molecule is CC(C)c1ncc(Cl)c(C(=O)N(C)c2ncccc2C#N)n1. The Morgan fingerprint density at radius 1 is 1.41 bits per heavy atom. The van der Waals surface area contributed by atoms with Gasteiger partial charge in [-0.05, 0) is 12.1 Å². The van der Waals surface area contributed by atoms with Crippen LogP contribution in [0.1, 0.15) is 41.6 Å². The monoisotopic (exact) mass is 315 g/mol. The molecule has 22 heavy (non-hydrogen) atoms. The molecule has 0 N–H and O–H groups in total. The van der Waals surface area contributed by atoms with E-state index >= 15 is 0 Å². The molecule has 0 spiro atoms. The van der Waals surface area contributed by atoms with Crippen LogP contribution in [0, 0.1) is 11.3 Å². The van der Waals surface area contributed by atoms with Crippen molar-refractivity contribution in [2.45, 2.75) is 19.8 Å². The second-order valence-corrected chi connectivity index (χ2v) is 5.34. The number of rotatable bonds is 3. The fraction of sp³-hybridized carbons (Fsp3) is 0.267. The summed E-state index contributed by atoms with van der Waals surface area (Å²) in [6.07, 6.45) is 2.93.